The summed E-state index contributed by atoms with van der Waals surface area (Å²) >= 11 is 0. The summed E-state index contributed by atoms with van der Waals surface area (Å²) in [5.41, 5.74) is 1.98. The second-order valence-corrected chi connectivity index (χ2v) is 4.07. The molecule has 0 spiro atoms. The van der Waals surface area contributed by atoms with Crippen molar-refractivity contribution in [1.29, 1.82) is 0 Å². The number of methoxy groups -OCH3 is 2. The number of hydrogen-bond acceptors (Lipinski definition) is 9. The van der Waals surface area contributed by atoms with Gasteiger partial charge in [0.1, 0.15) is 0 Å². The number of nitro benzene ring substituents is 1. The Kier molecular flexibility index (Phi) is 4.82. The van der Waals surface area contributed by atoms with E-state index < -0.39 is 10.6 Å². The summed E-state index contributed by atoms with van der Waals surface area (Å²) in [5, 5.41) is 20.6. The van der Waals surface area contributed by atoms with Gasteiger partial charge in [-0.05, 0) is 6.07 Å². The van der Waals surface area contributed by atoms with Crippen LogP contribution in [0, 0.1) is 10.1 Å². The lowest BCUT2D eigenvalue weighted by Gasteiger charge is -2.08. The Morgan fingerprint density at radius 2 is 2.17 bits per heavy atom. The number of nitrogens with one attached hydrogen (secondary N) is 2. The lowest BCUT2D eigenvalue weighted by Crippen LogP contribution is -2.13. The Labute approximate surface area is 129 Å². The number of hydrazone groups is 1. The van der Waals surface area contributed by atoms with Crippen LogP contribution in [0.15, 0.2) is 28.2 Å². The lowest BCUT2D eigenvalue weighted by atomic mass is 10.2. The molecule has 11 heteroatoms. The van der Waals surface area contributed by atoms with Gasteiger partial charge in [0.15, 0.2) is 11.6 Å². The molecule has 0 saturated carbocycles. The Bertz CT molecular complexity index is 803. The molecule has 1 aromatic carbocycles. The Morgan fingerprint density at radius 3 is 2.78 bits per heavy atom. The van der Waals surface area contributed by atoms with Crippen molar-refractivity contribution < 1.29 is 14.4 Å². The van der Waals surface area contributed by atoms with E-state index in [4.69, 9.17) is 9.47 Å². The van der Waals surface area contributed by atoms with Gasteiger partial charge >= 0.3 is 11.4 Å². The molecule has 0 amide bonds. The second kappa shape index (κ2) is 6.98. The number of rotatable bonds is 6. The van der Waals surface area contributed by atoms with Gasteiger partial charge in [-0.2, -0.15) is 15.2 Å². The molecule has 0 aliphatic rings. The van der Waals surface area contributed by atoms with Crippen LogP contribution in [0.5, 0.6) is 11.5 Å². The number of aromatic nitrogens is 3. The molecule has 0 atom stereocenters. The molecule has 23 heavy (non-hydrogen) atoms. The summed E-state index contributed by atoms with van der Waals surface area (Å²) < 4.78 is 10.1. The van der Waals surface area contributed by atoms with E-state index in [-0.39, 0.29) is 23.0 Å². The Hall–Kier alpha value is -3.50. The second-order valence-electron chi connectivity index (χ2n) is 4.07. The van der Waals surface area contributed by atoms with Crippen LogP contribution in [0.2, 0.25) is 0 Å². The van der Waals surface area contributed by atoms with Crippen molar-refractivity contribution in [2.45, 2.75) is 0 Å². The molecule has 0 unspecified atom stereocenters. The van der Waals surface area contributed by atoms with Crippen LogP contribution in [0.4, 0.5) is 11.5 Å². The van der Waals surface area contributed by atoms with Crippen LogP contribution < -0.4 is 20.6 Å². The van der Waals surface area contributed by atoms with Crippen molar-refractivity contribution >= 4 is 17.7 Å². The molecule has 0 saturated heterocycles. The number of nitro groups is 1. The highest BCUT2D eigenvalue weighted by atomic mass is 16.6. The first-order chi connectivity index (χ1) is 11.0. The van der Waals surface area contributed by atoms with E-state index in [2.05, 4.69) is 25.7 Å². The van der Waals surface area contributed by atoms with Crippen molar-refractivity contribution in [3.05, 3.63) is 44.5 Å². The van der Waals surface area contributed by atoms with Gasteiger partial charge in [-0.1, -0.05) is 0 Å². The van der Waals surface area contributed by atoms with Crippen molar-refractivity contribution in [1.82, 2.24) is 15.2 Å². The molecule has 0 bridgehead atoms. The van der Waals surface area contributed by atoms with Crippen LogP contribution in [0.1, 0.15) is 5.56 Å². The molecule has 0 aliphatic carbocycles. The largest absolute Gasteiger partial charge is 0.493 e. The average Bonchev–Trinajstić information content (AvgIpc) is 2.54. The van der Waals surface area contributed by atoms with E-state index in [9.17, 15) is 14.9 Å². The number of aromatic amines is 1. The van der Waals surface area contributed by atoms with E-state index in [1.807, 2.05) is 0 Å². The first-order valence-corrected chi connectivity index (χ1v) is 6.16. The molecular formula is C12H12N6O5. The van der Waals surface area contributed by atoms with Gasteiger partial charge in [-0.25, -0.2) is 9.89 Å². The van der Waals surface area contributed by atoms with Gasteiger partial charge in [0.25, 0.3) is 0 Å². The fourth-order valence-electron chi connectivity index (χ4n) is 1.71. The van der Waals surface area contributed by atoms with E-state index in [1.165, 1.54) is 38.8 Å². The minimum Gasteiger partial charge on any atom is -0.493 e. The van der Waals surface area contributed by atoms with Crippen LogP contribution >= 0.6 is 0 Å². The van der Waals surface area contributed by atoms with Crippen LogP contribution in [0.3, 0.4) is 0 Å². The number of nitrogens with zero attached hydrogens (tertiary/aromatic N) is 4. The summed E-state index contributed by atoms with van der Waals surface area (Å²) in [4.78, 5) is 25.0. The SMILES string of the molecule is COc1cc(/C=N/Nc2cn[nH]c(=O)n2)cc([N+](=O)[O-])c1OC. The van der Waals surface area contributed by atoms with Crippen LogP contribution in [-0.2, 0) is 0 Å². The Balaban J connectivity index is 2.29. The zero-order chi connectivity index (χ0) is 16.8. The average molecular weight is 320 g/mol. The number of ether oxygens (including phenoxy) is 2. The maximum atomic E-state index is 11.1. The topological polar surface area (TPSA) is 145 Å². The molecule has 120 valence electrons. The van der Waals surface area contributed by atoms with Crippen LogP contribution in [-0.4, -0.2) is 40.5 Å². The molecule has 2 rings (SSSR count). The minimum absolute atomic E-state index is 0.0167. The minimum atomic E-state index is -0.632. The number of anilines is 1. The standard InChI is InChI=1S/C12H12N6O5/c1-22-9-4-7(3-8(18(20)21)11(9)23-2)5-13-16-10-6-14-17-12(19)15-10/h3-6H,1-2H3,(H2,15,16,17,19)/b13-5+. The zero-order valence-electron chi connectivity index (χ0n) is 12.1. The van der Waals surface area contributed by atoms with E-state index in [1.54, 1.807) is 0 Å². The predicted molar refractivity (Wildman–Crippen MR) is 80.1 cm³/mol. The lowest BCUT2D eigenvalue weighted by molar-refractivity contribution is -0.385. The Morgan fingerprint density at radius 1 is 1.39 bits per heavy atom. The summed E-state index contributed by atoms with van der Waals surface area (Å²) in [6, 6.07) is 2.79. The van der Waals surface area contributed by atoms with Crippen LogP contribution in [0.25, 0.3) is 0 Å². The first-order valence-electron chi connectivity index (χ1n) is 6.16. The van der Waals surface area contributed by atoms with Gasteiger partial charge in [-0.15, -0.1) is 0 Å². The van der Waals surface area contributed by atoms with Crippen molar-refractivity contribution in [3.63, 3.8) is 0 Å². The fraction of sp³-hybridized carbons (Fsp3) is 0.167. The molecule has 0 aliphatic heterocycles. The summed E-state index contributed by atoms with van der Waals surface area (Å²) in [6.45, 7) is 0. The van der Waals surface area contributed by atoms with E-state index >= 15 is 0 Å². The molecule has 0 fully saturated rings. The molecule has 0 radical (unpaired) electrons. The van der Waals surface area contributed by atoms with Gasteiger partial charge in [-0.3, -0.25) is 15.5 Å². The van der Waals surface area contributed by atoms with Gasteiger partial charge in [0, 0.05) is 11.6 Å². The quantitative estimate of drug-likeness (QED) is 0.445. The molecule has 2 N–H and O–H groups in total. The highest BCUT2D eigenvalue weighted by Crippen LogP contribution is 2.37. The van der Waals surface area contributed by atoms with E-state index in [0.717, 1.165) is 0 Å². The maximum absolute atomic E-state index is 11.1. The molecule has 1 aromatic heterocycles. The first kappa shape index (κ1) is 15.9. The predicted octanol–water partition coefficient (Wildman–Crippen LogP) is 0.536. The van der Waals surface area contributed by atoms with Crippen molar-refractivity contribution in [3.8, 4) is 11.5 Å². The number of benzene rings is 1. The highest BCUT2D eigenvalue weighted by Gasteiger charge is 2.20. The molecular weight excluding hydrogens is 308 g/mol. The summed E-state index contributed by atoms with van der Waals surface area (Å²) in [5.74, 6) is 0.335. The summed E-state index contributed by atoms with van der Waals surface area (Å²) in [6.07, 6.45) is 2.56. The number of H-pyrrole nitrogens is 1. The van der Waals surface area contributed by atoms with E-state index in [0.29, 0.717) is 5.56 Å². The molecule has 2 aromatic rings. The molecule has 11 nitrogen and oxygen atoms in total. The van der Waals surface area contributed by atoms with Crippen molar-refractivity contribution in [2.24, 2.45) is 5.10 Å². The third-order valence-corrected chi connectivity index (χ3v) is 2.64. The monoisotopic (exact) mass is 320 g/mol. The molecule has 1 heterocycles. The summed E-state index contributed by atoms with van der Waals surface area (Å²) in [7, 11) is 2.68. The smallest absolute Gasteiger partial charge is 0.363 e. The fourth-order valence-corrected chi connectivity index (χ4v) is 1.71. The highest BCUT2D eigenvalue weighted by molar-refractivity contribution is 5.83. The third-order valence-electron chi connectivity index (χ3n) is 2.64. The van der Waals surface area contributed by atoms with Gasteiger partial charge < -0.3 is 9.47 Å². The zero-order valence-corrected chi connectivity index (χ0v) is 12.1. The third kappa shape index (κ3) is 3.78. The van der Waals surface area contributed by atoms with Crippen molar-refractivity contribution in [2.75, 3.05) is 19.6 Å². The normalized spacial score (nSPS) is 10.5. The maximum Gasteiger partial charge on any atom is 0.363 e. The van der Waals surface area contributed by atoms with Gasteiger partial charge in [0.05, 0.1) is 31.6 Å². The number of hydrogen-bond donors (Lipinski definition) is 2. The van der Waals surface area contributed by atoms with Gasteiger partial charge in [0.2, 0.25) is 5.75 Å².